The van der Waals surface area contributed by atoms with Gasteiger partial charge < -0.3 is 5.11 Å². The molecule has 0 heterocycles. The fourth-order valence-corrected chi connectivity index (χ4v) is 2.23. The summed E-state index contributed by atoms with van der Waals surface area (Å²) in [5, 5.41) is 9.48. The summed E-state index contributed by atoms with van der Waals surface area (Å²) in [4.78, 5) is 0. The largest absolute Gasteiger partial charge is 0.392 e. The first-order valence-electron chi connectivity index (χ1n) is 5.65. The third-order valence-corrected chi connectivity index (χ3v) is 3.27. The molecule has 0 bridgehead atoms. The van der Waals surface area contributed by atoms with E-state index in [1.807, 2.05) is 6.08 Å². The zero-order chi connectivity index (χ0) is 12.1. The van der Waals surface area contributed by atoms with Gasteiger partial charge >= 0.3 is 0 Å². The molecule has 0 amide bonds. The summed E-state index contributed by atoms with van der Waals surface area (Å²) in [5.74, 6) is 0.556. The van der Waals surface area contributed by atoms with Crippen LogP contribution in [0, 0.1) is 10.8 Å². The third kappa shape index (κ3) is 7.02. The quantitative estimate of drug-likeness (QED) is 0.505. The van der Waals surface area contributed by atoms with Crippen molar-refractivity contribution in [3.8, 4) is 0 Å². The predicted octanol–water partition coefficient (Wildman–Crippen LogP) is 3.69. The molecule has 0 spiro atoms. The number of aliphatic hydroxyl groups excluding tert-OH is 1. The van der Waals surface area contributed by atoms with E-state index in [0.29, 0.717) is 5.75 Å². The molecule has 0 saturated carbocycles. The minimum absolute atomic E-state index is 0.176. The van der Waals surface area contributed by atoms with Gasteiger partial charge in [0.25, 0.3) is 0 Å². The number of aliphatic hydroxyl groups is 1. The van der Waals surface area contributed by atoms with Crippen molar-refractivity contribution < 1.29 is 5.11 Å². The summed E-state index contributed by atoms with van der Waals surface area (Å²) in [6, 6.07) is 0. The van der Waals surface area contributed by atoms with Crippen LogP contribution in [0.2, 0.25) is 0 Å². The van der Waals surface area contributed by atoms with Crippen LogP contribution in [-0.2, 0) is 0 Å². The Labute approximate surface area is 100 Å². The molecular weight excluding hydrogens is 204 g/mol. The van der Waals surface area contributed by atoms with Crippen molar-refractivity contribution in [3.05, 3.63) is 12.7 Å². The summed E-state index contributed by atoms with van der Waals surface area (Å²) in [6.07, 6.45) is 4.72. The molecule has 0 aliphatic heterocycles. The van der Waals surface area contributed by atoms with Crippen LogP contribution in [-0.4, -0.2) is 17.0 Å². The van der Waals surface area contributed by atoms with Crippen LogP contribution in [0.3, 0.4) is 0 Å². The first kappa shape index (κ1) is 15.0. The molecule has 0 aromatic carbocycles. The Balaban J connectivity index is 4.12. The zero-order valence-corrected chi connectivity index (χ0v) is 11.5. The van der Waals surface area contributed by atoms with E-state index in [0.717, 1.165) is 19.3 Å². The Hall–Kier alpha value is 0.0500. The number of thiol groups is 1. The van der Waals surface area contributed by atoms with Gasteiger partial charge in [-0.2, -0.15) is 12.6 Å². The molecule has 0 unspecified atom stereocenters. The molecule has 0 radical (unpaired) electrons. The number of hydrogen-bond acceptors (Lipinski definition) is 2. The molecular formula is C13H26OS. The second kappa shape index (κ2) is 5.95. The predicted molar refractivity (Wildman–Crippen MR) is 71.5 cm³/mol. The molecule has 15 heavy (non-hydrogen) atoms. The Morgan fingerprint density at radius 2 is 1.87 bits per heavy atom. The monoisotopic (exact) mass is 230 g/mol. The molecule has 0 rings (SSSR count). The van der Waals surface area contributed by atoms with Gasteiger partial charge in [0.2, 0.25) is 0 Å². The van der Waals surface area contributed by atoms with Gasteiger partial charge in [-0.05, 0) is 30.1 Å². The second-order valence-corrected chi connectivity index (χ2v) is 6.27. The average Bonchev–Trinajstić information content (AvgIpc) is 2.13. The molecule has 0 aliphatic carbocycles. The van der Waals surface area contributed by atoms with Crippen LogP contribution in [0.4, 0.5) is 0 Å². The molecule has 0 aromatic heterocycles. The van der Waals surface area contributed by atoms with Gasteiger partial charge in [-0.15, -0.1) is 6.58 Å². The molecule has 1 nitrogen and oxygen atoms in total. The maximum atomic E-state index is 9.48. The maximum absolute atomic E-state index is 9.48. The Morgan fingerprint density at radius 1 is 1.33 bits per heavy atom. The lowest BCUT2D eigenvalue weighted by molar-refractivity contribution is 0.145. The highest BCUT2D eigenvalue weighted by molar-refractivity contribution is 7.80. The Kier molecular flexibility index (Phi) is 5.97. The van der Waals surface area contributed by atoms with Gasteiger partial charge in [0.15, 0.2) is 0 Å². The van der Waals surface area contributed by atoms with E-state index in [9.17, 15) is 5.11 Å². The Bertz CT molecular complexity index is 197. The molecule has 2 heteroatoms. The summed E-state index contributed by atoms with van der Waals surface area (Å²) >= 11 is 4.08. The van der Waals surface area contributed by atoms with Crippen LogP contribution in [0.15, 0.2) is 12.7 Å². The lowest BCUT2D eigenvalue weighted by Gasteiger charge is -2.33. The fraction of sp³-hybridized carbons (Fsp3) is 0.846. The highest BCUT2D eigenvalue weighted by atomic mass is 32.1. The minimum Gasteiger partial charge on any atom is -0.392 e. The Morgan fingerprint density at radius 3 is 2.27 bits per heavy atom. The SMILES string of the molecule is C=CC(C)(C)CC(C)(C)CC[C@H](O)CS. The topological polar surface area (TPSA) is 20.2 Å². The van der Waals surface area contributed by atoms with Gasteiger partial charge in [0, 0.05) is 5.75 Å². The second-order valence-electron chi connectivity index (χ2n) is 5.91. The van der Waals surface area contributed by atoms with Crippen molar-refractivity contribution >= 4 is 12.6 Å². The summed E-state index contributed by atoms with van der Waals surface area (Å²) in [6.45, 7) is 12.8. The van der Waals surface area contributed by atoms with Gasteiger partial charge in [-0.25, -0.2) is 0 Å². The van der Waals surface area contributed by atoms with Crippen molar-refractivity contribution in [1.82, 2.24) is 0 Å². The van der Waals surface area contributed by atoms with Gasteiger partial charge in [0.05, 0.1) is 6.10 Å². The molecule has 0 aliphatic rings. The summed E-state index contributed by atoms with van der Waals surface area (Å²) in [5.41, 5.74) is 0.428. The van der Waals surface area contributed by atoms with Crippen LogP contribution in [0.1, 0.15) is 47.0 Å². The lowest BCUT2D eigenvalue weighted by Crippen LogP contribution is -2.23. The van der Waals surface area contributed by atoms with Crippen molar-refractivity contribution in [2.75, 3.05) is 5.75 Å². The maximum Gasteiger partial charge on any atom is 0.0628 e. The van der Waals surface area contributed by atoms with Crippen molar-refractivity contribution in [2.24, 2.45) is 10.8 Å². The van der Waals surface area contributed by atoms with Crippen LogP contribution in [0.5, 0.6) is 0 Å². The van der Waals surface area contributed by atoms with Gasteiger partial charge in [-0.1, -0.05) is 33.8 Å². The van der Waals surface area contributed by atoms with E-state index >= 15 is 0 Å². The van der Waals surface area contributed by atoms with E-state index in [2.05, 4.69) is 46.9 Å². The molecule has 1 N–H and O–H groups in total. The molecule has 0 aromatic rings. The standard InChI is InChI=1S/C13H26OS/c1-6-12(2,3)10-13(4,5)8-7-11(14)9-15/h6,11,14-15H,1,7-10H2,2-5H3/t11-/m0/s1. The highest BCUT2D eigenvalue weighted by Gasteiger charge is 2.26. The lowest BCUT2D eigenvalue weighted by atomic mass is 9.72. The van der Waals surface area contributed by atoms with E-state index in [-0.39, 0.29) is 16.9 Å². The highest BCUT2D eigenvalue weighted by Crippen LogP contribution is 2.37. The van der Waals surface area contributed by atoms with E-state index < -0.39 is 0 Å². The van der Waals surface area contributed by atoms with Crippen LogP contribution >= 0.6 is 12.6 Å². The first-order valence-corrected chi connectivity index (χ1v) is 6.28. The smallest absolute Gasteiger partial charge is 0.0628 e. The van der Waals surface area contributed by atoms with E-state index in [1.54, 1.807) is 0 Å². The van der Waals surface area contributed by atoms with Crippen molar-refractivity contribution in [2.45, 2.75) is 53.1 Å². The van der Waals surface area contributed by atoms with E-state index in [1.165, 1.54) is 0 Å². The summed E-state index contributed by atoms with van der Waals surface area (Å²) < 4.78 is 0. The van der Waals surface area contributed by atoms with E-state index in [4.69, 9.17) is 0 Å². The van der Waals surface area contributed by atoms with Crippen LogP contribution in [0.25, 0.3) is 0 Å². The number of allylic oxidation sites excluding steroid dienone is 1. The third-order valence-electron chi connectivity index (χ3n) is 2.85. The van der Waals surface area contributed by atoms with Gasteiger partial charge in [-0.3, -0.25) is 0 Å². The average molecular weight is 230 g/mol. The minimum atomic E-state index is -0.264. The number of rotatable bonds is 7. The summed E-state index contributed by atoms with van der Waals surface area (Å²) in [7, 11) is 0. The zero-order valence-electron chi connectivity index (χ0n) is 10.6. The molecule has 0 saturated heterocycles. The van der Waals surface area contributed by atoms with Crippen molar-refractivity contribution in [1.29, 1.82) is 0 Å². The van der Waals surface area contributed by atoms with Gasteiger partial charge in [0.1, 0.15) is 0 Å². The first-order chi connectivity index (χ1) is 6.72. The van der Waals surface area contributed by atoms with Crippen molar-refractivity contribution in [3.63, 3.8) is 0 Å². The molecule has 0 fully saturated rings. The fourth-order valence-electron chi connectivity index (χ4n) is 2.04. The molecule has 1 atom stereocenters. The normalized spacial score (nSPS) is 15.1. The van der Waals surface area contributed by atoms with Crippen LogP contribution < -0.4 is 0 Å². The number of hydrogen-bond donors (Lipinski definition) is 2. The molecule has 90 valence electrons.